The normalized spacial score (nSPS) is 18.1. The van der Waals surface area contributed by atoms with Gasteiger partial charge in [-0.05, 0) is 78.6 Å². The summed E-state index contributed by atoms with van der Waals surface area (Å²) in [6, 6.07) is 10.9. The van der Waals surface area contributed by atoms with Crippen molar-refractivity contribution in [2.45, 2.75) is 58.6 Å². The van der Waals surface area contributed by atoms with E-state index in [9.17, 15) is 14.4 Å². The van der Waals surface area contributed by atoms with Gasteiger partial charge in [-0.15, -0.1) is 0 Å². The molecular weight excluding hydrogens is 559 g/mol. The van der Waals surface area contributed by atoms with Crippen LogP contribution in [0.4, 0.5) is 4.79 Å². The Morgan fingerprint density at radius 2 is 1.86 bits per heavy atom. The molecule has 1 N–H and O–H groups in total. The minimum absolute atomic E-state index is 0.0538. The number of carbonyl (C=O) groups excluding carboxylic acids is 3. The van der Waals surface area contributed by atoms with E-state index in [1.165, 1.54) is 11.0 Å². The number of hydrogen-bond donors (Lipinski definition) is 1. The lowest BCUT2D eigenvalue weighted by Gasteiger charge is -2.35. The van der Waals surface area contributed by atoms with Gasteiger partial charge in [-0.2, -0.15) is 0 Å². The molecule has 4 amide bonds. The van der Waals surface area contributed by atoms with Crippen LogP contribution in [-0.2, 0) is 16.2 Å². The van der Waals surface area contributed by atoms with Crippen molar-refractivity contribution in [2.24, 2.45) is 0 Å². The number of halogens is 1. The summed E-state index contributed by atoms with van der Waals surface area (Å²) in [5.74, 6) is -0.0875. The van der Waals surface area contributed by atoms with Gasteiger partial charge in [-0.1, -0.05) is 49.1 Å². The van der Waals surface area contributed by atoms with Gasteiger partial charge in [-0.3, -0.25) is 19.8 Å². The Kier molecular flexibility index (Phi) is 8.10. The molecule has 0 spiro atoms. The van der Waals surface area contributed by atoms with Gasteiger partial charge < -0.3 is 9.47 Å². The van der Waals surface area contributed by atoms with Crippen LogP contribution in [0.2, 0.25) is 0 Å². The number of aryl methyl sites for hydroxylation is 1. The summed E-state index contributed by atoms with van der Waals surface area (Å²) in [7, 11) is 0. The summed E-state index contributed by atoms with van der Waals surface area (Å²) in [5, 5.41) is 2.34. The Balaban J connectivity index is 1.62. The highest BCUT2D eigenvalue weighted by Gasteiger charge is 2.40. The van der Waals surface area contributed by atoms with E-state index in [1.807, 2.05) is 38.1 Å². The number of benzene rings is 2. The first kappa shape index (κ1) is 25.2. The van der Waals surface area contributed by atoms with E-state index in [1.54, 1.807) is 6.07 Å². The van der Waals surface area contributed by atoms with Crippen LogP contribution >= 0.6 is 22.6 Å². The third kappa shape index (κ3) is 5.86. The molecule has 184 valence electrons. The lowest BCUT2D eigenvalue weighted by molar-refractivity contribution is -0.132. The molecule has 0 aromatic heterocycles. The van der Waals surface area contributed by atoms with Crippen LogP contribution in [0.3, 0.4) is 0 Å². The summed E-state index contributed by atoms with van der Waals surface area (Å²) >= 11 is 2.16. The molecule has 1 saturated carbocycles. The van der Waals surface area contributed by atoms with Gasteiger partial charge in [-0.25, -0.2) is 4.79 Å². The Morgan fingerprint density at radius 3 is 2.57 bits per heavy atom. The number of urea groups is 1. The van der Waals surface area contributed by atoms with Gasteiger partial charge in [0.15, 0.2) is 11.5 Å². The molecule has 7 nitrogen and oxygen atoms in total. The minimum Gasteiger partial charge on any atom is -0.490 e. The van der Waals surface area contributed by atoms with Gasteiger partial charge >= 0.3 is 6.03 Å². The molecule has 0 unspecified atom stereocenters. The maximum Gasteiger partial charge on any atom is 0.331 e. The highest BCUT2D eigenvalue weighted by molar-refractivity contribution is 14.1. The fourth-order valence-electron chi connectivity index (χ4n) is 4.54. The van der Waals surface area contributed by atoms with Crippen molar-refractivity contribution in [3.8, 4) is 11.5 Å². The molecule has 1 aliphatic heterocycles. The van der Waals surface area contributed by atoms with Crippen molar-refractivity contribution in [3.63, 3.8) is 0 Å². The number of nitrogens with zero attached hydrogens (tertiary/aromatic N) is 1. The topological polar surface area (TPSA) is 84.9 Å². The molecule has 0 atom stereocenters. The average Bonchev–Trinajstić information content (AvgIpc) is 2.82. The second-order valence-corrected chi connectivity index (χ2v) is 9.99. The zero-order valence-electron chi connectivity index (χ0n) is 19.9. The Morgan fingerprint density at radius 1 is 1.09 bits per heavy atom. The number of rotatable bonds is 7. The lowest BCUT2D eigenvalue weighted by Crippen LogP contribution is -2.58. The zero-order chi connectivity index (χ0) is 24.9. The molecule has 8 heteroatoms. The van der Waals surface area contributed by atoms with Crippen LogP contribution in [-0.4, -0.2) is 35.4 Å². The average molecular weight is 588 g/mol. The van der Waals surface area contributed by atoms with Crippen LogP contribution in [0.1, 0.15) is 55.7 Å². The molecule has 1 heterocycles. The summed E-state index contributed by atoms with van der Waals surface area (Å²) in [6.07, 6.45) is 6.08. The lowest BCUT2D eigenvalue weighted by atomic mass is 9.93. The zero-order valence-corrected chi connectivity index (χ0v) is 22.1. The number of ether oxygens (including phenoxy) is 2. The van der Waals surface area contributed by atoms with E-state index < -0.39 is 17.8 Å². The molecule has 1 aliphatic carbocycles. The molecule has 4 rings (SSSR count). The Bertz CT molecular complexity index is 1170. The Labute approximate surface area is 219 Å². The molecule has 2 aromatic rings. The van der Waals surface area contributed by atoms with Crippen LogP contribution < -0.4 is 14.8 Å². The van der Waals surface area contributed by atoms with Crippen LogP contribution in [0, 0.1) is 10.5 Å². The van der Waals surface area contributed by atoms with E-state index in [0.717, 1.165) is 46.8 Å². The van der Waals surface area contributed by atoms with Gasteiger partial charge in [0.05, 0.1) is 10.2 Å². The van der Waals surface area contributed by atoms with Crippen molar-refractivity contribution in [1.82, 2.24) is 10.2 Å². The first-order chi connectivity index (χ1) is 16.9. The quantitative estimate of drug-likeness (QED) is 0.267. The molecule has 2 fully saturated rings. The molecular formula is C27H29IN2O5. The van der Waals surface area contributed by atoms with Crippen LogP contribution in [0.15, 0.2) is 42.0 Å². The van der Waals surface area contributed by atoms with Crippen molar-refractivity contribution in [1.29, 1.82) is 0 Å². The number of imide groups is 2. The van der Waals surface area contributed by atoms with Crippen molar-refractivity contribution in [3.05, 3.63) is 62.2 Å². The number of nitrogens with one attached hydrogen (secondary N) is 1. The summed E-state index contributed by atoms with van der Waals surface area (Å²) in [4.78, 5) is 39.5. The van der Waals surface area contributed by atoms with Crippen LogP contribution in [0.5, 0.6) is 11.5 Å². The van der Waals surface area contributed by atoms with Gasteiger partial charge in [0, 0.05) is 6.04 Å². The summed E-state index contributed by atoms with van der Waals surface area (Å²) in [5.41, 5.74) is 2.77. The standard InChI is InChI=1S/C27H29IN2O5/c1-3-34-23-15-19(14-22(28)24(23)35-16-18-9-7-8-17(2)12-18)13-21-25(31)29-27(33)30(26(21)32)20-10-5-4-6-11-20/h7-9,12-15,20H,3-6,10-11,16H2,1-2H3,(H,29,31,33). The smallest absolute Gasteiger partial charge is 0.331 e. The SMILES string of the molecule is CCOc1cc(C=C2C(=O)NC(=O)N(C3CCCCC3)C2=O)cc(I)c1OCc1cccc(C)c1. The third-order valence-electron chi connectivity index (χ3n) is 6.18. The van der Waals surface area contributed by atoms with Crippen molar-refractivity contribution >= 4 is 46.5 Å². The van der Waals surface area contributed by atoms with Gasteiger partial charge in [0.2, 0.25) is 0 Å². The van der Waals surface area contributed by atoms with Gasteiger partial charge in [0.25, 0.3) is 11.8 Å². The van der Waals surface area contributed by atoms with E-state index in [2.05, 4.69) is 34.0 Å². The van der Waals surface area contributed by atoms with E-state index >= 15 is 0 Å². The highest BCUT2D eigenvalue weighted by atomic mass is 127. The van der Waals surface area contributed by atoms with E-state index in [0.29, 0.717) is 30.3 Å². The van der Waals surface area contributed by atoms with Crippen LogP contribution in [0.25, 0.3) is 6.08 Å². The second kappa shape index (κ2) is 11.2. The van der Waals surface area contributed by atoms with E-state index in [4.69, 9.17) is 9.47 Å². The molecule has 2 aromatic carbocycles. The molecule has 35 heavy (non-hydrogen) atoms. The summed E-state index contributed by atoms with van der Waals surface area (Å²) < 4.78 is 12.7. The highest BCUT2D eigenvalue weighted by Crippen LogP contribution is 2.36. The minimum atomic E-state index is -0.681. The number of hydrogen-bond acceptors (Lipinski definition) is 5. The third-order valence-corrected chi connectivity index (χ3v) is 6.98. The fourth-order valence-corrected chi connectivity index (χ4v) is 5.32. The molecule has 0 radical (unpaired) electrons. The number of carbonyl (C=O) groups is 3. The fraction of sp³-hybridized carbons (Fsp3) is 0.370. The van der Waals surface area contributed by atoms with Crippen molar-refractivity contribution < 1.29 is 23.9 Å². The maximum atomic E-state index is 13.2. The monoisotopic (exact) mass is 588 g/mol. The molecule has 0 bridgehead atoms. The predicted molar refractivity (Wildman–Crippen MR) is 141 cm³/mol. The second-order valence-electron chi connectivity index (χ2n) is 8.83. The molecule has 2 aliphatic rings. The molecule has 1 saturated heterocycles. The first-order valence-electron chi connectivity index (χ1n) is 11.9. The van der Waals surface area contributed by atoms with Crippen molar-refractivity contribution in [2.75, 3.05) is 6.61 Å². The Hall–Kier alpha value is -2.88. The number of barbiturate groups is 1. The van der Waals surface area contributed by atoms with E-state index in [-0.39, 0.29) is 11.6 Å². The predicted octanol–water partition coefficient (Wildman–Crippen LogP) is 5.37. The van der Waals surface area contributed by atoms with Gasteiger partial charge in [0.1, 0.15) is 12.2 Å². The maximum absolute atomic E-state index is 13.2. The largest absolute Gasteiger partial charge is 0.490 e. The first-order valence-corrected chi connectivity index (χ1v) is 13.0. The summed E-state index contributed by atoms with van der Waals surface area (Å²) in [6.45, 7) is 4.73. The number of amides is 4.